The first-order valence-electron chi connectivity index (χ1n) is 6.48. The fourth-order valence-corrected chi connectivity index (χ4v) is 2.94. The van der Waals surface area contributed by atoms with Gasteiger partial charge in [-0.1, -0.05) is 13.8 Å². The van der Waals surface area contributed by atoms with E-state index in [1.165, 1.54) is 12.8 Å². The van der Waals surface area contributed by atoms with Crippen molar-refractivity contribution < 1.29 is 4.74 Å². The molecule has 16 heavy (non-hydrogen) atoms. The van der Waals surface area contributed by atoms with Crippen LogP contribution in [0.1, 0.15) is 33.6 Å². The number of hydrogen-bond acceptors (Lipinski definition) is 3. The third kappa shape index (κ3) is 3.19. The predicted octanol–water partition coefficient (Wildman–Crippen LogP) is 1.73. The molecule has 1 fully saturated rings. The van der Waals surface area contributed by atoms with Gasteiger partial charge in [0.05, 0.1) is 6.61 Å². The Morgan fingerprint density at radius 3 is 2.69 bits per heavy atom. The molecule has 0 aromatic heterocycles. The molecule has 0 saturated heterocycles. The van der Waals surface area contributed by atoms with Crippen molar-refractivity contribution in [1.82, 2.24) is 10.2 Å². The standard InChI is InChI=1S/C13H28N2O/c1-6-16-10-9-15(5)11-7-8-13(2,3)12(11)14-4/h11-12,14H,6-10H2,1-5H3. The molecule has 0 spiro atoms. The normalized spacial score (nSPS) is 28.9. The van der Waals surface area contributed by atoms with Crippen LogP contribution in [-0.2, 0) is 4.74 Å². The van der Waals surface area contributed by atoms with Crippen molar-refractivity contribution in [3.8, 4) is 0 Å². The van der Waals surface area contributed by atoms with E-state index in [1.54, 1.807) is 0 Å². The zero-order chi connectivity index (χ0) is 12.2. The second kappa shape index (κ2) is 5.99. The molecule has 1 rings (SSSR count). The monoisotopic (exact) mass is 228 g/mol. The van der Waals surface area contributed by atoms with Gasteiger partial charge in [-0.2, -0.15) is 0 Å². The lowest BCUT2D eigenvalue weighted by atomic mass is 9.86. The van der Waals surface area contributed by atoms with Crippen LogP contribution in [0.5, 0.6) is 0 Å². The van der Waals surface area contributed by atoms with Crippen molar-refractivity contribution in [2.24, 2.45) is 5.41 Å². The molecule has 96 valence electrons. The maximum absolute atomic E-state index is 5.42. The molecule has 0 bridgehead atoms. The molecule has 0 radical (unpaired) electrons. The molecule has 1 aliphatic rings. The summed E-state index contributed by atoms with van der Waals surface area (Å²) < 4.78 is 5.42. The lowest BCUT2D eigenvalue weighted by molar-refractivity contribution is 0.0965. The molecular weight excluding hydrogens is 200 g/mol. The highest BCUT2D eigenvalue weighted by atomic mass is 16.5. The molecule has 0 heterocycles. The van der Waals surface area contributed by atoms with Crippen LogP contribution in [0.4, 0.5) is 0 Å². The van der Waals surface area contributed by atoms with Crippen LogP contribution < -0.4 is 5.32 Å². The van der Waals surface area contributed by atoms with Gasteiger partial charge in [-0.25, -0.2) is 0 Å². The van der Waals surface area contributed by atoms with Crippen LogP contribution in [0.15, 0.2) is 0 Å². The molecule has 1 N–H and O–H groups in total. The first-order chi connectivity index (χ1) is 7.53. The summed E-state index contributed by atoms with van der Waals surface area (Å²) in [5.41, 5.74) is 0.416. The maximum Gasteiger partial charge on any atom is 0.0593 e. The topological polar surface area (TPSA) is 24.5 Å². The van der Waals surface area contributed by atoms with E-state index in [4.69, 9.17) is 4.74 Å². The van der Waals surface area contributed by atoms with Gasteiger partial charge in [0, 0.05) is 25.2 Å². The van der Waals surface area contributed by atoms with E-state index < -0.39 is 0 Å². The third-order valence-electron chi connectivity index (χ3n) is 3.98. The van der Waals surface area contributed by atoms with E-state index in [9.17, 15) is 0 Å². The van der Waals surface area contributed by atoms with Crippen LogP contribution in [0.25, 0.3) is 0 Å². The van der Waals surface area contributed by atoms with Gasteiger partial charge in [-0.15, -0.1) is 0 Å². The van der Waals surface area contributed by atoms with Crippen molar-refractivity contribution in [3.63, 3.8) is 0 Å². The predicted molar refractivity (Wildman–Crippen MR) is 68.8 cm³/mol. The SMILES string of the molecule is CCOCCN(C)C1CCC(C)(C)C1NC. The molecule has 2 atom stereocenters. The van der Waals surface area contributed by atoms with E-state index in [0.29, 0.717) is 17.5 Å². The average molecular weight is 228 g/mol. The molecule has 1 aliphatic carbocycles. The summed E-state index contributed by atoms with van der Waals surface area (Å²) in [6, 6.07) is 1.25. The lowest BCUT2D eigenvalue weighted by Crippen LogP contribution is -2.50. The van der Waals surface area contributed by atoms with E-state index in [0.717, 1.165) is 19.8 Å². The molecule has 3 nitrogen and oxygen atoms in total. The lowest BCUT2D eigenvalue weighted by Gasteiger charge is -2.35. The summed E-state index contributed by atoms with van der Waals surface area (Å²) in [4.78, 5) is 2.45. The van der Waals surface area contributed by atoms with Gasteiger partial charge in [-0.05, 0) is 39.3 Å². The molecule has 1 saturated carbocycles. The van der Waals surface area contributed by atoms with Gasteiger partial charge in [0.1, 0.15) is 0 Å². The zero-order valence-corrected chi connectivity index (χ0v) is 11.5. The molecule has 0 amide bonds. The number of likely N-dealkylation sites (N-methyl/N-ethyl adjacent to an activating group) is 2. The average Bonchev–Trinajstić information content (AvgIpc) is 2.53. The van der Waals surface area contributed by atoms with Crippen LogP contribution in [0, 0.1) is 5.41 Å². The largest absolute Gasteiger partial charge is 0.380 e. The molecule has 0 aromatic carbocycles. The Morgan fingerprint density at radius 2 is 2.12 bits per heavy atom. The fraction of sp³-hybridized carbons (Fsp3) is 1.00. The maximum atomic E-state index is 5.42. The highest BCUT2D eigenvalue weighted by Crippen LogP contribution is 2.39. The summed E-state index contributed by atoms with van der Waals surface area (Å²) in [6.45, 7) is 9.48. The Morgan fingerprint density at radius 1 is 1.44 bits per heavy atom. The number of hydrogen-bond donors (Lipinski definition) is 1. The van der Waals surface area contributed by atoms with Crippen molar-refractivity contribution in [1.29, 1.82) is 0 Å². The molecular formula is C13H28N2O. The number of rotatable bonds is 6. The van der Waals surface area contributed by atoms with Gasteiger partial charge in [0.2, 0.25) is 0 Å². The van der Waals surface area contributed by atoms with Crippen LogP contribution in [-0.4, -0.2) is 50.8 Å². The molecule has 0 aromatic rings. The van der Waals surface area contributed by atoms with Crippen LogP contribution in [0.3, 0.4) is 0 Å². The van der Waals surface area contributed by atoms with Gasteiger partial charge >= 0.3 is 0 Å². The van der Waals surface area contributed by atoms with E-state index in [2.05, 4.69) is 45.1 Å². The minimum absolute atomic E-state index is 0.416. The highest BCUT2D eigenvalue weighted by molar-refractivity contribution is 4.99. The second-order valence-electron chi connectivity index (χ2n) is 5.54. The van der Waals surface area contributed by atoms with Gasteiger partial charge < -0.3 is 10.1 Å². The minimum atomic E-state index is 0.416. The number of nitrogens with one attached hydrogen (secondary N) is 1. The smallest absolute Gasteiger partial charge is 0.0593 e. The molecule has 2 unspecified atom stereocenters. The first kappa shape index (κ1) is 13.9. The van der Waals surface area contributed by atoms with E-state index >= 15 is 0 Å². The summed E-state index contributed by atoms with van der Waals surface area (Å²) >= 11 is 0. The summed E-state index contributed by atoms with van der Waals surface area (Å²) in [5.74, 6) is 0. The second-order valence-corrected chi connectivity index (χ2v) is 5.54. The van der Waals surface area contributed by atoms with Crippen LogP contribution >= 0.6 is 0 Å². The van der Waals surface area contributed by atoms with Crippen molar-refractivity contribution in [2.75, 3.05) is 33.9 Å². The Hall–Kier alpha value is -0.120. The Balaban J connectivity index is 2.46. The summed E-state index contributed by atoms with van der Waals surface area (Å²) in [5, 5.41) is 3.49. The fourth-order valence-electron chi connectivity index (χ4n) is 2.94. The Bertz CT molecular complexity index is 206. The Labute approximate surface area is 101 Å². The number of nitrogens with zero attached hydrogens (tertiary/aromatic N) is 1. The molecule has 0 aliphatic heterocycles. The van der Waals surface area contributed by atoms with Gasteiger partial charge in [-0.3, -0.25) is 4.90 Å². The van der Waals surface area contributed by atoms with Gasteiger partial charge in [0.25, 0.3) is 0 Å². The zero-order valence-electron chi connectivity index (χ0n) is 11.5. The van der Waals surface area contributed by atoms with Crippen molar-refractivity contribution >= 4 is 0 Å². The Kier molecular flexibility index (Phi) is 5.22. The quantitative estimate of drug-likeness (QED) is 0.701. The minimum Gasteiger partial charge on any atom is -0.380 e. The summed E-state index contributed by atoms with van der Waals surface area (Å²) in [7, 11) is 4.30. The summed E-state index contributed by atoms with van der Waals surface area (Å²) in [6.07, 6.45) is 2.60. The van der Waals surface area contributed by atoms with E-state index in [1.807, 2.05) is 0 Å². The first-order valence-corrected chi connectivity index (χ1v) is 6.48. The number of ether oxygens (including phenoxy) is 1. The van der Waals surface area contributed by atoms with Crippen molar-refractivity contribution in [2.45, 2.75) is 45.7 Å². The van der Waals surface area contributed by atoms with Crippen molar-refractivity contribution in [3.05, 3.63) is 0 Å². The highest BCUT2D eigenvalue weighted by Gasteiger charge is 2.42. The van der Waals surface area contributed by atoms with Crippen LogP contribution in [0.2, 0.25) is 0 Å². The molecule has 3 heteroatoms. The van der Waals surface area contributed by atoms with Gasteiger partial charge in [0.15, 0.2) is 0 Å². The third-order valence-corrected chi connectivity index (χ3v) is 3.98. The van der Waals surface area contributed by atoms with E-state index in [-0.39, 0.29) is 0 Å².